The van der Waals surface area contributed by atoms with Crippen molar-refractivity contribution in [2.45, 2.75) is 57.4 Å². The van der Waals surface area contributed by atoms with Crippen LogP contribution in [0.4, 0.5) is 10.2 Å². The number of pyridine rings is 1. The fourth-order valence-electron chi connectivity index (χ4n) is 4.20. The first kappa shape index (κ1) is 18.3. The van der Waals surface area contributed by atoms with Gasteiger partial charge in [-0.3, -0.25) is 0 Å². The van der Waals surface area contributed by atoms with Gasteiger partial charge in [0.15, 0.2) is 11.6 Å². The van der Waals surface area contributed by atoms with Gasteiger partial charge in [-0.2, -0.15) is 0 Å². The first-order valence-corrected chi connectivity index (χ1v) is 9.84. The molecule has 1 aromatic rings. The summed E-state index contributed by atoms with van der Waals surface area (Å²) in [5, 5.41) is 0.340. The predicted octanol–water partition coefficient (Wildman–Crippen LogP) is 4.71. The van der Waals surface area contributed by atoms with E-state index in [2.05, 4.69) is 20.8 Å². The highest BCUT2D eigenvalue weighted by Crippen LogP contribution is 2.28. The monoisotopic (exact) mass is 363 g/mol. The number of hydrogen-bond donors (Lipinski definition) is 0. The van der Waals surface area contributed by atoms with E-state index in [-0.39, 0.29) is 5.82 Å². The van der Waals surface area contributed by atoms with Gasteiger partial charge in [-0.15, -0.1) is 0 Å². The molecule has 0 amide bonds. The van der Waals surface area contributed by atoms with Gasteiger partial charge in [-0.05, 0) is 44.1 Å². The standard InChI is InChI=1S/C20H27ClFN3/c1-2-24(18-8-4-3-5-9-18)12-10-16-7-6-11-25(15-16)20-19(22)13-17(21)14-23-20/h1,13-14,16,18H,3-12,15H2. The number of piperidine rings is 1. The minimum absolute atomic E-state index is 0.333. The summed E-state index contributed by atoms with van der Waals surface area (Å²) < 4.78 is 14.2. The smallest absolute Gasteiger partial charge is 0.167 e. The third-order valence-corrected chi connectivity index (χ3v) is 5.77. The van der Waals surface area contributed by atoms with Gasteiger partial charge in [0.1, 0.15) is 0 Å². The van der Waals surface area contributed by atoms with Gasteiger partial charge in [0.2, 0.25) is 0 Å². The average Bonchev–Trinajstić information content (AvgIpc) is 2.63. The van der Waals surface area contributed by atoms with Crippen molar-refractivity contribution in [2.24, 2.45) is 5.92 Å². The van der Waals surface area contributed by atoms with Crippen molar-refractivity contribution < 1.29 is 4.39 Å². The molecular formula is C20H27ClFN3. The SMILES string of the molecule is C#CN(CCC1CCCN(c2ncc(Cl)cc2F)C1)C1CCCCC1. The zero-order valence-electron chi connectivity index (χ0n) is 14.8. The van der Waals surface area contributed by atoms with Crippen LogP contribution in [-0.4, -0.2) is 35.6 Å². The van der Waals surface area contributed by atoms with E-state index in [1.807, 2.05) is 0 Å². The van der Waals surface area contributed by atoms with Crippen LogP contribution in [0.25, 0.3) is 0 Å². The van der Waals surface area contributed by atoms with Crippen LogP contribution in [0.3, 0.4) is 0 Å². The molecule has 2 fully saturated rings. The quantitative estimate of drug-likeness (QED) is 0.558. The molecule has 1 saturated carbocycles. The second-order valence-electron chi connectivity index (χ2n) is 7.32. The van der Waals surface area contributed by atoms with Gasteiger partial charge in [0.05, 0.1) is 5.02 Å². The Labute approximate surface area is 155 Å². The second-order valence-corrected chi connectivity index (χ2v) is 7.75. The summed E-state index contributed by atoms with van der Waals surface area (Å²) in [4.78, 5) is 8.46. The van der Waals surface area contributed by atoms with Crippen LogP contribution >= 0.6 is 11.6 Å². The molecule has 1 saturated heterocycles. The molecule has 2 heterocycles. The fourth-order valence-corrected chi connectivity index (χ4v) is 4.34. The Bertz CT molecular complexity index is 609. The van der Waals surface area contributed by atoms with E-state index >= 15 is 0 Å². The van der Waals surface area contributed by atoms with Crippen LogP contribution in [-0.2, 0) is 0 Å². The Morgan fingerprint density at radius 2 is 2.08 bits per heavy atom. The number of hydrogen-bond acceptors (Lipinski definition) is 3. The molecule has 0 aromatic carbocycles. The molecule has 0 N–H and O–H groups in total. The van der Waals surface area contributed by atoms with E-state index in [4.69, 9.17) is 18.0 Å². The van der Waals surface area contributed by atoms with Crippen molar-refractivity contribution in [1.29, 1.82) is 0 Å². The molecule has 3 nitrogen and oxygen atoms in total. The zero-order chi connectivity index (χ0) is 17.6. The van der Waals surface area contributed by atoms with Crippen molar-refractivity contribution in [3.8, 4) is 12.5 Å². The zero-order valence-corrected chi connectivity index (χ0v) is 15.5. The highest BCUT2D eigenvalue weighted by molar-refractivity contribution is 6.30. The molecule has 1 aliphatic carbocycles. The van der Waals surface area contributed by atoms with Crippen LogP contribution in [0.5, 0.6) is 0 Å². The van der Waals surface area contributed by atoms with Crippen LogP contribution in [0.15, 0.2) is 12.3 Å². The summed E-state index contributed by atoms with van der Waals surface area (Å²) in [6, 6.07) is 4.80. The molecule has 3 rings (SSSR count). The Morgan fingerprint density at radius 1 is 1.28 bits per heavy atom. The Balaban J connectivity index is 1.55. The molecule has 0 bridgehead atoms. The summed E-state index contributed by atoms with van der Waals surface area (Å²) in [6.45, 7) is 2.63. The first-order chi connectivity index (χ1) is 12.2. The van der Waals surface area contributed by atoms with Crippen molar-refractivity contribution in [1.82, 2.24) is 9.88 Å². The summed E-state index contributed by atoms with van der Waals surface area (Å²) in [7, 11) is 0. The van der Waals surface area contributed by atoms with Crippen molar-refractivity contribution >= 4 is 17.4 Å². The number of rotatable bonds is 5. The van der Waals surface area contributed by atoms with Crippen LogP contribution in [0.1, 0.15) is 51.4 Å². The maximum Gasteiger partial charge on any atom is 0.167 e. The van der Waals surface area contributed by atoms with Gasteiger partial charge in [-0.1, -0.05) is 37.3 Å². The number of terminal acetylenes is 1. The molecule has 0 spiro atoms. The van der Waals surface area contributed by atoms with E-state index < -0.39 is 0 Å². The molecule has 25 heavy (non-hydrogen) atoms. The molecule has 1 aromatic heterocycles. The normalized spacial score (nSPS) is 21.8. The van der Waals surface area contributed by atoms with E-state index in [1.165, 1.54) is 50.8 Å². The lowest BCUT2D eigenvalue weighted by molar-refractivity contribution is 0.213. The molecular weight excluding hydrogens is 337 g/mol. The Morgan fingerprint density at radius 3 is 2.80 bits per heavy atom. The van der Waals surface area contributed by atoms with E-state index in [0.29, 0.717) is 22.8 Å². The molecule has 0 radical (unpaired) electrons. The minimum Gasteiger partial charge on any atom is -0.354 e. The molecule has 5 heteroatoms. The van der Waals surface area contributed by atoms with Crippen LogP contribution < -0.4 is 4.90 Å². The third kappa shape index (κ3) is 4.79. The van der Waals surface area contributed by atoms with Gasteiger partial charge >= 0.3 is 0 Å². The summed E-state index contributed by atoms with van der Waals surface area (Å²) in [6.07, 6.45) is 17.0. The molecule has 1 unspecified atom stereocenters. The highest BCUT2D eigenvalue weighted by atomic mass is 35.5. The average molecular weight is 364 g/mol. The summed E-state index contributed by atoms with van der Waals surface area (Å²) in [5.41, 5.74) is 0. The third-order valence-electron chi connectivity index (χ3n) is 5.57. The lowest BCUT2D eigenvalue weighted by Gasteiger charge is -2.36. The highest BCUT2D eigenvalue weighted by Gasteiger charge is 2.25. The van der Waals surface area contributed by atoms with E-state index in [0.717, 1.165) is 32.5 Å². The van der Waals surface area contributed by atoms with Gasteiger partial charge in [-0.25, -0.2) is 9.37 Å². The lowest BCUT2D eigenvalue weighted by Crippen LogP contribution is -2.39. The lowest BCUT2D eigenvalue weighted by atomic mass is 9.92. The van der Waals surface area contributed by atoms with E-state index in [1.54, 1.807) is 0 Å². The topological polar surface area (TPSA) is 19.4 Å². The maximum atomic E-state index is 14.2. The largest absolute Gasteiger partial charge is 0.354 e. The summed E-state index contributed by atoms with van der Waals surface area (Å²) in [5.74, 6) is 0.626. The van der Waals surface area contributed by atoms with Gasteiger partial charge in [0.25, 0.3) is 0 Å². The van der Waals surface area contributed by atoms with E-state index in [9.17, 15) is 4.39 Å². The van der Waals surface area contributed by atoms with Crippen LogP contribution in [0.2, 0.25) is 5.02 Å². The van der Waals surface area contributed by atoms with Crippen molar-refractivity contribution in [3.63, 3.8) is 0 Å². The predicted molar refractivity (Wildman–Crippen MR) is 101 cm³/mol. The Hall–Kier alpha value is -1.47. The second kappa shape index (κ2) is 8.76. The number of nitrogens with zero attached hydrogens (tertiary/aromatic N) is 3. The number of aromatic nitrogens is 1. The van der Waals surface area contributed by atoms with Crippen LogP contribution in [0, 0.1) is 24.2 Å². The number of anilines is 1. The van der Waals surface area contributed by atoms with Crippen molar-refractivity contribution in [2.75, 3.05) is 24.5 Å². The first-order valence-electron chi connectivity index (χ1n) is 9.46. The summed E-state index contributed by atoms with van der Waals surface area (Å²) >= 11 is 5.81. The Kier molecular flexibility index (Phi) is 6.42. The minimum atomic E-state index is -0.333. The van der Waals surface area contributed by atoms with Gasteiger partial charge in [0, 0.05) is 37.9 Å². The van der Waals surface area contributed by atoms with Gasteiger partial charge < -0.3 is 9.80 Å². The molecule has 2 aliphatic rings. The molecule has 1 atom stereocenters. The molecule has 1 aliphatic heterocycles. The fraction of sp³-hybridized carbons (Fsp3) is 0.650. The number of halogens is 2. The molecule has 136 valence electrons. The maximum absolute atomic E-state index is 14.2. The van der Waals surface area contributed by atoms with Crippen molar-refractivity contribution in [3.05, 3.63) is 23.1 Å².